The van der Waals surface area contributed by atoms with Crippen LogP contribution in [0.2, 0.25) is 0 Å². The first kappa shape index (κ1) is 29.0. The Labute approximate surface area is 242 Å². The number of nitriles is 1. The van der Waals surface area contributed by atoms with Crippen LogP contribution in [0, 0.1) is 23.2 Å². The molecule has 2 N–H and O–H groups in total. The van der Waals surface area contributed by atoms with Gasteiger partial charge in [-0.25, -0.2) is 4.39 Å². The van der Waals surface area contributed by atoms with E-state index in [1.807, 2.05) is 19.1 Å². The normalized spacial score (nSPS) is 28.6. The van der Waals surface area contributed by atoms with E-state index in [0.29, 0.717) is 36.2 Å². The molecule has 4 aliphatic rings. The van der Waals surface area contributed by atoms with Gasteiger partial charge >= 0.3 is 0 Å². The lowest BCUT2D eigenvalue weighted by molar-refractivity contribution is -0.138. The summed E-state index contributed by atoms with van der Waals surface area (Å²) in [6, 6.07) is 8.53. The molecule has 0 spiro atoms. The van der Waals surface area contributed by atoms with Crippen molar-refractivity contribution in [1.29, 1.82) is 5.26 Å². The van der Waals surface area contributed by atoms with Crippen molar-refractivity contribution in [1.82, 2.24) is 25.3 Å². The highest BCUT2D eigenvalue weighted by Gasteiger charge is 2.41. The summed E-state index contributed by atoms with van der Waals surface area (Å²) >= 11 is 0. The molecule has 4 atom stereocenters. The standard InChI is InChI=1S/C32H41FN6O2/c1-22-18-23(2)28(36-30(40)25-6-9-29(35-21-25)38-16-14-37(3)15-17-38)19-27(22)31(41)39-12-10-32(33,11-13-39)26-7-4-24(20-34)5-8-26/h4-9,18,21,23,27-29,35H,10-17,19H2,1-3H3,(H,36,40). The molecule has 8 nitrogen and oxygen atoms in total. The number of alkyl halides is 1. The zero-order chi connectivity index (χ0) is 29.1. The van der Waals surface area contributed by atoms with E-state index in [0.717, 1.165) is 31.8 Å². The number of piperidine rings is 1. The van der Waals surface area contributed by atoms with Gasteiger partial charge in [0.15, 0.2) is 0 Å². The van der Waals surface area contributed by atoms with Crippen molar-refractivity contribution in [2.45, 2.75) is 51.0 Å². The first-order chi connectivity index (χ1) is 19.7. The number of hydrogen-bond acceptors (Lipinski definition) is 6. The molecule has 9 heteroatoms. The van der Waals surface area contributed by atoms with Crippen LogP contribution in [0.5, 0.6) is 0 Å². The molecule has 5 rings (SSSR count). The van der Waals surface area contributed by atoms with E-state index in [9.17, 15) is 9.59 Å². The molecule has 3 aliphatic heterocycles. The molecular formula is C32H41FN6O2. The van der Waals surface area contributed by atoms with Crippen LogP contribution in [0.4, 0.5) is 4.39 Å². The van der Waals surface area contributed by atoms with Gasteiger partial charge < -0.3 is 20.4 Å². The maximum atomic E-state index is 15.8. The monoisotopic (exact) mass is 560 g/mol. The first-order valence-electron chi connectivity index (χ1n) is 14.7. The van der Waals surface area contributed by atoms with Crippen LogP contribution in [0.25, 0.3) is 0 Å². The third-order valence-corrected chi connectivity index (χ3v) is 9.27. The molecule has 3 heterocycles. The van der Waals surface area contributed by atoms with Crippen LogP contribution in [0.1, 0.15) is 44.2 Å². The summed E-state index contributed by atoms with van der Waals surface area (Å²) in [6.45, 7) is 8.73. The van der Waals surface area contributed by atoms with Crippen LogP contribution in [-0.4, -0.2) is 85.0 Å². The van der Waals surface area contributed by atoms with E-state index >= 15 is 4.39 Å². The third kappa shape index (κ3) is 6.39. The maximum Gasteiger partial charge on any atom is 0.252 e. The molecule has 1 aliphatic carbocycles. The number of carbonyl (C=O) groups excluding carboxylic acids is 2. The van der Waals surface area contributed by atoms with E-state index in [1.54, 1.807) is 35.4 Å². The van der Waals surface area contributed by atoms with Crippen molar-refractivity contribution < 1.29 is 14.0 Å². The quantitative estimate of drug-likeness (QED) is 0.538. The summed E-state index contributed by atoms with van der Waals surface area (Å²) in [5, 5.41) is 15.6. The number of carbonyl (C=O) groups is 2. The first-order valence-corrected chi connectivity index (χ1v) is 14.7. The smallest absolute Gasteiger partial charge is 0.252 e. The molecule has 0 bridgehead atoms. The van der Waals surface area contributed by atoms with Crippen LogP contribution in [-0.2, 0) is 15.3 Å². The summed E-state index contributed by atoms with van der Waals surface area (Å²) in [7, 11) is 2.13. The van der Waals surface area contributed by atoms with E-state index in [2.05, 4.69) is 46.6 Å². The molecule has 2 saturated heterocycles. The van der Waals surface area contributed by atoms with E-state index in [1.165, 1.54) is 0 Å². The van der Waals surface area contributed by atoms with Crippen LogP contribution in [0.3, 0.4) is 0 Å². The van der Waals surface area contributed by atoms with Gasteiger partial charge in [-0.2, -0.15) is 5.26 Å². The Bertz CT molecular complexity index is 1270. The predicted molar refractivity (Wildman–Crippen MR) is 156 cm³/mol. The number of nitrogens with one attached hydrogen (secondary N) is 2. The highest BCUT2D eigenvalue weighted by atomic mass is 19.1. The molecule has 1 aromatic carbocycles. The molecule has 41 heavy (non-hydrogen) atoms. The molecule has 1 aromatic rings. The van der Waals surface area contributed by atoms with Crippen molar-refractivity contribution in [3.05, 3.63) is 71.0 Å². The van der Waals surface area contributed by atoms with Gasteiger partial charge in [-0.1, -0.05) is 30.7 Å². The number of benzene rings is 1. The highest BCUT2D eigenvalue weighted by molar-refractivity contribution is 5.96. The second kappa shape index (κ2) is 12.2. The SMILES string of the molecule is CC1=CC(C)C(NC(=O)C2=CNC(N3CCN(C)CC3)C=C2)CC1C(=O)N1CCC(F)(c2ccc(C#N)cc2)CC1. The highest BCUT2D eigenvalue weighted by Crippen LogP contribution is 2.38. The van der Waals surface area contributed by atoms with E-state index < -0.39 is 5.67 Å². The molecule has 4 unspecified atom stereocenters. The third-order valence-electron chi connectivity index (χ3n) is 9.27. The molecule has 0 radical (unpaired) electrons. The van der Waals surface area contributed by atoms with Gasteiger partial charge in [0.05, 0.1) is 29.3 Å². The Kier molecular flexibility index (Phi) is 8.62. The topological polar surface area (TPSA) is 91.7 Å². The Balaban J connectivity index is 1.16. The van der Waals surface area contributed by atoms with Crippen molar-refractivity contribution >= 4 is 11.8 Å². The zero-order valence-corrected chi connectivity index (χ0v) is 24.3. The lowest BCUT2D eigenvalue weighted by atomic mass is 9.78. The van der Waals surface area contributed by atoms with Crippen LogP contribution < -0.4 is 10.6 Å². The maximum absolute atomic E-state index is 15.8. The van der Waals surface area contributed by atoms with Gasteiger partial charge in [0.2, 0.25) is 5.91 Å². The molecule has 2 amide bonds. The van der Waals surface area contributed by atoms with Crippen LogP contribution in [0.15, 0.2) is 59.8 Å². The summed E-state index contributed by atoms with van der Waals surface area (Å²) < 4.78 is 15.8. The molecule has 2 fully saturated rings. The number of rotatable bonds is 5. The lowest BCUT2D eigenvalue weighted by Crippen LogP contribution is -2.53. The number of piperazine rings is 1. The number of likely N-dealkylation sites (tertiary alicyclic amines) is 1. The van der Waals surface area contributed by atoms with Crippen molar-refractivity contribution in [2.24, 2.45) is 11.8 Å². The fourth-order valence-corrected chi connectivity index (χ4v) is 6.42. The second-order valence-electron chi connectivity index (χ2n) is 12.0. The summed E-state index contributed by atoms with van der Waals surface area (Å²) in [5.41, 5.74) is 1.14. The van der Waals surface area contributed by atoms with Gasteiger partial charge in [0.1, 0.15) is 5.67 Å². The Morgan fingerprint density at radius 2 is 1.78 bits per heavy atom. The number of halogens is 1. The summed E-state index contributed by atoms with van der Waals surface area (Å²) in [5.74, 6) is -0.392. The van der Waals surface area contributed by atoms with Gasteiger partial charge in [0, 0.05) is 64.4 Å². The number of nitrogens with zero attached hydrogens (tertiary/aromatic N) is 4. The zero-order valence-electron chi connectivity index (χ0n) is 24.3. The molecular weight excluding hydrogens is 519 g/mol. The largest absolute Gasteiger partial charge is 0.372 e. The Morgan fingerprint density at radius 1 is 1.10 bits per heavy atom. The van der Waals surface area contributed by atoms with Gasteiger partial charge in [-0.15, -0.1) is 0 Å². The van der Waals surface area contributed by atoms with Gasteiger partial charge in [-0.05, 0) is 56.2 Å². The average Bonchev–Trinajstić information content (AvgIpc) is 2.99. The number of likely N-dealkylation sites (N-methyl/N-ethyl adjacent to an activating group) is 1. The Morgan fingerprint density at radius 3 is 2.39 bits per heavy atom. The molecule has 0 saturated carbocycles. The van der Waals surface area contributed by atoms with E-state index in [-0.39, 0.29) is 48.7 Å². The minimum Gasteiger partial charge on any atom is -0.372 e. The number of dihydropyridines is 1. The summed E-state index contributed by atoms with van der Waals surface area (Å²) in [4.78, 5) is 33.2. The fraction of sp³-hybridized carbons (Fsp3) is 0.531. The van der Waals surface area contributed by atoms with Gasteiger partial charge in [-0.3, -0.25) is 14.5 Å². The van der Waals surface area contributed by atoms with E-state index in [4.69, 9.17) is 5.26 Å². The minimum absolute atomic E-state index is 0.000222. The van der Waals surface area contributed by atoms with Crippen molar-refractivity contribution in [3.8, 4) is 6.07 Å². The summed E-state index contributed by atoms with van der Waals surface area (Å²) in [6.07, 6.45) is 8.86. The van der Waals surface area contributed by atoms with Gasteiger partial charge in [0.25, 0.3) is 5.91 Å². The fourth-order valence-electron chi connectivity index (χ4n) is 6.42. The predicted octanol–water partition coefficient (Wildman–Crippen LogP) is 3.05. The van der Waals surface area contributed by atoms with Crippen LogP contribution >= 0.6 is 0 Å². The Hall–Kier alpha value is -3.48. The van der Waals surface area contributed by atoms with Crippen molar-refractivity contribution in [3.63, 3.8) is 0 Å². The lowest BCUT2D eigenvalue weighted by Gasteiger charge is -2.40. The van der Waals surface area contributed by atoms with Crippen molar-refractivity contribution in [2.75, 3.05) is 46.3 Å². The average molecular weight is 561 g/mol. The molecule has 0 aromatic heterocycles. The number of hydrogen-bond donors (Lipinski definition) is 2. The minimum atomic E-state index is -1.51. The second-order valence-corrected chi connectivity index (χ2v) is 12.0. The molecule has 218 valence electrons. The number of amides is 2.